The van der Waals surface area contributed by atoms with Gasteiger partial charge in [0.1, 0.15) is 5.75 Å². The van der Waals surface area contributed by atoms with Crippen molar-refractivity contribution in [1.29, 1.82) is 0 Å². The molecule has 3 aromatic rings. The topological polar surface area (TPSA) is 112 Å². The molecule has 1 N–H and O–H groups in total. The smallest absolute Gasteiger partial charge is 0.328 e. The molecule has 1 fully saturated rings. The highest BCUT2D eigenvalue weighted by atomic mass is 32.2. The Labute approximate surface area is 185 Å². The summed E-state index contributed by atoms with van der Waals surface area (Å²) in [7, 11) is 0.962. The summed E-state index contributed by atoms with van der Waals surface area (Å²) < 4.78 is 40.9. The Hall–Kier alpha value is -3.15. The summed E-state index contributed by atoms with van der Waals surface area (Å²) in [4.78, 5) is 25.2. The first kappa shape index (κ1) is 22.1. The van der Waals surface area contributed by atoms with Crippen LogP contribution in [0.25, 0.3) is 11.0 Å². The number of rotatable bonds is 5. The van der Waals surface area contributed by atoms with E-state index in [0.717, 1.165) is 5.52 Å². The van der Waals surface area contributed by atoms with Gasteiger partial charge in [-0.05, 0) is 36.4 Å². The fraction of sp³-hybridized carbons (Fsp3) is 0.333. The number of hydrogen-bond donors (Lipinski definition) is 1. The number of aromatic nitrogens is 2. The van der Waals surface area contributed by atoms with E-state index < -0.39 is 15.9 Å². The van der Waals surface area contributed by atoms with E-state index in [1.807, 2.05) is 0 Å². The molecule has 0 radical (unpaired) electrons. The number of nitrogens with zero attached hydrogens (tertiary/aromatic N) is 3. The van der Waals surface area contributed by atoms with Crippen LogP contribution in [0.15, 0.2) is 46.1 Å². The lowest BCUT2D eigenvalue weighted by molar-refractivity contribution is 0.0730. The number of amides is 1. The summed E-state index contributed by atoms with van der Waals surface area (Å²) in [6.45, 7) is 1.16. The molecule has 0 atom stereocenters. The molecule has 170 valence electrons. The molecule has 1 aliphatic rings. The van der Waals surface area contributed by atoms with Gasteiger partial charge in [0, 0.05) is 32.9 Å². The lowest BCUT2D eigenvalue weighted by Gasteiger charge is -2.26. The molecule has 1 aromatic heterocycles. The van der Waals surface area contributed by atoms with Gasteiger partial charge < -0.3 is 14.8 Å². The van der Waals surface area contributed by atoms with Crippen molar-refractivity contribution in [2.75, 3.05) is 38.7 Å². The fourth-order valence-electron chi connectivity index (χ4n) is 3.74. The van der Waals surface area contributed by atoms with E-state index in [1.165, 1.54) is 38.7 Å². The molecule has 4 rings (SSSR count). The fourth-order valence-corrected chi connectivity index (χ4v) is 5.18. The molecule has 2 heterocycles. The lowest BCUT2D eigenvalue weighted by Crippen LogP contribution is -2.40. The van der Waals surface area contributed by atoms with Gasteiger partial charge in [-0.2, -0.15) is 4.31 Å². The van der Waals surface area contributed by atoms with Crippen LogP contribution in [-0.4, -0.2) is 61.2 Å². The Morgan fingerprint density at radius 2 is 1.72 bits per heavy atom. The zero-order valence-corrected chi connectivity index (χ0v) is 18.8. The van der Waals surface area contributed by atoms with Crippen molar-refractivity contribution in [3.8, 4) is 5.75 Å². The van der Waals surface area contributed by atoms with Crippen molar-refractivity contribution < 1.29 is 22.7 Å². The predicted octanol–water partition coefficient (Wildman–Crippen LogP) is 1.16. The number of methoxy groups -OCH3 is 1. The average Bonchev–Trinajstić information content (AvgIpc) is 3.02. The van der Waals surface area contributed by atoms with Crippen LogP contribution in [0, 0.1) is 0 Å². The number of ether oxygens (including phenoxy) is 2. The summed E-state index contributed by atoms with van der Waals surface area (Å²) in [6, 6.07) is 9.31. The van der Waals surface area contributed by atoms with Crippen LogP contribution in [0.1, 0.15) is 10.4 Å². The van der Waals surface area contributed by atoms with Gasteiger partial charge in [0.05, 0.1) is 41.8 Å². The van der Waals surface area contributed by atoms with Gasteiger partial charge in [-0.1, -0.05) is 0 Å². The predicted molar refractivity (Wildman–Crippen MR) is 119 cm³/mol. The third-order valence-electron chi connectivity index (χ3n) is 5.55. The van der Waals surface area contributed by atoms with Crippen LogP contribution in [0.4, 0.5) is 5.69 Å². The average molecular weight is 461 g/mol. The Bertz CT molecular complexity index is 1350. The van der Waals surface area contributed by atoms with Crippen LogP contribution in [-0.2, 0) is 28.9 Å². The molecule has 1 amide bonds. The first-order valence-corrected chi connectivity index (χ1v) is 11.4. The molecule has 11 heteroatoms. The van der Waals surface area contributed by atoms with Crippen LogP contribution in [0.5, 0.6) is 5.75 Å². The third-order valence-corrected chi connectivity index (χ3v) is 7.45. The van der Waals surface area contributed by atoms with E-state index in [4.69, 9.17) is 9.47 Å². The van der Waals surface area contributed by atoms with Crippen molar-refractivity contribution in [2.45, 2.75) is 4.90 Å². The molecule has 0 aliphatic carbocycles. The molecular formula is C21H24N4O6S. The van der Waals surface area contributed by atoms with Crippen molar-refractivity contribution in [3.63, 3.8) is 0 Å². The molecule has 0 spiro atoms. The van der Waals surface area contributed by atoms with Gasteiger partial charge in [0.2, 0.25) is 10.0 Å². The highest BCUT2D eigenvalue weighted by molar-refractivity contribution is 7.89. The van der Waals surface area contributed by atoms with Gasteiger partial charge in [0.15, 0.2) is 0 Å². The number of morpholine rings is 1. The Morgan fingerprint density at radius 3 is 2.41 bits per heavy atom. The maximum absolute atomic E-state index is 13.0. The van der Waals surface area contributed by atoms with Crippen molar-refractivity contribution in [2.24, 2.45) is 14.1 Å². The van der Waals surface area contributed by atoms with Crippen LogP contribution < -0.4 is 15.7 Å². The molecule has 0 bridgehead atoms. The van der Waals surface area contributed by atoms with Crippen molar-refractivity contribution in [3.05, 3.63) is 52.4 Å². The highest BCUT2D eigenvalue weighted by Crippen LogP contribution is 2.26. The number of carbonyl (C=O) groups excluding carboxylic acids is 1. The van der Waals surface area contributed by atoms with Gasteiger partial charge in [-0.3, -0.25) is 13.9 Å². The minimum absolute atomic E-state index is 0.00579. The number of carbonyl (C=O) groups is 1. The summed E-state index contributed by atoms with van der Waals surface area (Å²) in [5.41, 5.74) is 1.76. The van der Waals surface area contributed by atoms with Crippen LogP contribution >= 0.6 is 0 Å². The minimum Gasteiger partial charge on any atom is -0.496 e. The number of anilines is 1. The normalized spacial score (nSPS) is 15.1. The molecule has 0 unspecified atom stereocenters. The van der Waals surface area contributed by atoms with Crippen LogP contribution in [0.2, 0.25) is 0 Å². The van der Waals surface area contributed by atoms with Crippen molar-refractivity contribution in [1.82, 2.24) is 13.4 Å². The van der Waals surface area contributed by atoms with E-state index in [0.29, 0.717) is 24.4 Å². The second-order valence-corrected chi connectivity index (χ2v) is 9.37. The van der Waals surface area contributed by atoms with Crippen molar-refractivity contribution >= 4 is 32.7 Å². The second-order valence-electron chi connectivity index (χ2n) is 7.44. The van der Waals surface area contributed by atoms with E-state index in [-0.39, 0.29) is 35.0 Å². The monoisotopic (exact) mass is 460 g/mol. The molecule has 1 aliphatic heterocycles. The summed E-state index contributed by atoms with van der Waals surface area (Å²) >= 11 is 0. The molecule has 2 aromatic carbocycles. The minimum atomic E-state index is -3.78. The first-order valence-electron chi connectivity index (χ1n) is 9.97. The number of fused-ring (bicyclic) bond motifs is 1. The molecule has 32 heavy (non-hydrogen) atoms. The number of hydrogen-bond acceptors (Lipinski definition) is 6. The largest absolute Gasteiger partial charge is 0.496 e. The van der Waals surface area contributed by atoms with Gasteiger partial charge in [-0.25, -0.2) is 13.2 Å². The number of imidazole rings is 1. The highest BCUT2D eigenvalue weighted by Gasteiger charge is 2.28. The zero-order chi connectivity index (χ0) is 23.0. The number of benzene rings is 2. The van der Waals surface area contributed by atoms with E-state index >= 15 is 0 Å². The standard InChI is InChI=1S/C21H24N4O6S/c1-23-17-6-4-14(12-18(17)24(2)21(23)27)22-20(26)16-13-15(5-7-19(16)30-3)32(28,29)25-8-10-31-11-9-25/h4-7,12-13H,8-11H2,1-3H3,(H,22,26). The Balaban J connectivity index is 1.67. The Morgan fingerprint density at radius 1 is 1.03 bits per heavy atom. The SMILES string of the molecule is COc1ccc(S(=O)(=O)N2CCOCC2)cc1C(=O)Nc1ccc2c(c1)n(C)c(=O)n2C. The zero-order valence-electron chi connectivity index (χ0n) is 18.0. The number of nitrogens with one attached hydrogen (secondary N) is 1. The van der Waals surface area contributed by atoms with E-state index in [2.05, 4.69) is 5.32 Å². The lowest BCUT2D eigenvalue weighted by atomic mass is 10.1. The maximum atomic E-state index is 13.0. The third kappa shape index (κ3) is 3.78. The van der Waals surface area contributed by atoms with Gasteiger partial charge in [0.25, 0.3) is 5.91 Å². The number of sulfonamides is 1. The van der Waals surface area contributed by atoms with Gasteiger partial charge in [-0.15, -0.1) is 0 Å². The molecule has 0 saturated carbocycles. The van der Waals surface area contributed by atoms with Gasteiger partial charge >= 0.3 is 5.69 Å². The summed E-state index contributed by atoms with van der Waals surface area (Å²) in [6.07, 6.45) is 0. The van der Waals surface area contributed by atoms with Crippen LogP contribution in [0.3, 0.4) is 0 Å². The Kier molecular flexibility index (Phi) is 5.80. The molecule has 10 nitrogen and oxygen atoms in total. The summed E-state index contributed by atoms with van der Waals surface area (Å²) in [5.74, 6) is -0.280. The quantitative estimate of drug-likeness (QED) is 0.612. The summed E-state index contributed by atoms with van der Waals surface area (Å²) in [5, 5.41) is 2.77. The maximum Gasteiger partial charge on any atom is 0.328 e. The molecule has 1 saturated heterocycles. The molecular weight excluding hydrogens is 436 g/mol. The first-order chi connectivity index (χ1) is 15.2. The van der Waals surface area contributed by atoms with E-state index in [9.17, 15) is 18.0 Å². The number of aryl methyl sites for hydroxylation is 2. The van der Waals surface area contributed by atoms with E-state index in [1.54, 1.807) is 32.3 Å². The second kappa shape index (κ2) is 8.41.